The minimum Gasteiger partial charge on any atom is -0.302 e. The van der Waals surface area contributed by atoms with Gasteiger partial charge in [-0.15, -0.1) is 10.2 Å². The highest BCUT2D eigenvalue weighted by atomic mass is 35.5. The number of benzene rings is 2. The van der Waals surface area contributed by atoms with Crippen molar-refractivity contribution in [1.82, 2.24) is 14.8 Å². The average Bonchev–Trinajstić information content (AvgIpc) is 2.99. The summed E-state index contributed by atoms with van der Waals surface area (Å²) in [6.45, 7) is 5.00. The molecule has 24 heavy (non-hydrogen) atoms. The van der Waals surface area contributed by atoms with E-state index in [1.165, 1.54) is 11.1 Å². The Balaban J connectivity index is 1.87. The molecule has 0 radical (unpaired) electrons. The first-order chi connectivity index (χ1) is 11.6. The van der Waals surface area contributed by atoms with Crippen molar-refractivity contribution in [2.45, 2.75) is 31.3 Å². The van der Waals surface area contributed by atoms with Gasteiger partial charge >= 0.3 is 0 Å². The Kier molecular flexibility index (Phi) is 5.49. The minimum absolute atomic E-state index is 0.522. The molecule has 3 aromatic rings. The van der Waals surface area contributed by atoms with Gasteiger partial charge in [-0.2, -0.15) is 0 Å². The van der Waals surface area contributed by atoms with E-state index in [-0.39, 0.29) is 0 Å². The van der Waals surface area contributed by atoms with Crippen LogP contribution in [-0.2, 0) is 12.3 Å². The van der Waals surface area contributed by atoms with E-state index in [1.54, 1.807) is 17.8 Å². The van der Waals surface area contributed by atoms with Crippen molar-refractivity contribution in [2.75, 3.05) is 0 Å². The lowest BCUT2D eigenvalue weighted by Gasteiger charge is -2.09. The van der Waals surface area contributed by atoms with Crippen molar-refractivity contribution in [3.8, 4) is 11.4 Å². The molecule has 0 unspecified atom stereocenters. The van der Waals surface area contributed by atoms with Crippen LogP contribution in [0.3, 0.4) is 0 Å². The first-order valence-corrected chi connectivity index (χ1v) is 9.40. The molecule has 0 saturated heterocycles. The van der Waals surface area contributed by atoms with Crippen LogP contribution in [0.4, 0.5) is 0 Å². The van der Waals surface area contributed by atoms with Gasteiger partial charge in [0.05, 0.1) is 10.0 Å². The van der Waals surface area contributed by atoms with Crippen LogP contribution in [0.1, 0.15) is 18.1 Å². The maximum absolute atomic E-state index is 6.13. The highest BCUT2D eigenvalue weighted by Gasteiger charge is 2.14. The summed E-state index contributed by atoms with van der Waals surface area (Å²) in [5, 5.41) is 10.7. The van der Waals surface area contributed by atoms with Gasteiger partial charge < -0.3 is 4.57 Å². The van der Waals surface area contributed by atoms with Crippen LogP contribution < -0.4 is 0 Å². The fraction of sp³-hybridized carbons (Fsp3) is 0.222. The Morgan fingerprint density at radius 3 is 2.54 bits per heavy atom. The third kappa shape index (κ3) is 3.61. The Hall–Kier alpha value is -1.49. The molecule has 0 saturated carbocycles. The minimum atomic E-state index is 0.522. The number of nitrogens with zero attached hydrogens (tertiary/aromatic N) is 3. The van der Waals surface area contributed by atoms with E-state index in [9.17, 15) is 0 Å². The van der Waals surface area contributed by atoms with E-state index in [1.807, 2.05) is 12.1 Å². The van der Waals surface area contributed by atoms with Crippen molar-refractivity contribution in [3.05, 3.63) is 63.6 Å². The molecule has 0 atom stereocenters. The van der Waals surface area contributed by atoms with Crippen molar-refractivity contribution in [2.24, 2.45) is 0 Å². The number of halogens is 2. The Morgan fingerprint density at radius 1 is 1.04 bits per heavy atom. The Morgan fingerprint density at radius 2 is 1.83 bits per heavy atom. The molecule has 0 aliphatic rings. The van der Waals surface area contributed by atoms with Gasteiger partial charge in [0.2, 0.25) is 0 Å². The fourth-order valence-electron chi connectivity index (χ4n) is 2.44. The zero-order chi connectivity index (χ0) is 17.1. The molecule has 3 rings (SSSR count). The van der Waals surface area contributed by atoms with Crippen LogP contribution in [0.15, 0.2) is 47.6 Å². The first-order valence-electron chi connectivity index (χ1n) is 7.66. The van der Waals surface area contributed by atoms with Crippen molar-refractivity contribution in [1.29, 1.82) is 0 Å². The standard InChI is InChI=1S/C18H17Cl2N3S/c1-3-23-17(13-8-9-15(19)16(20)10-13)21-22-18(23)24-11-14-7-5-4-6-12(14)2/h4-10H,3,11H2,1-2H3. The number of rotatable bonds is 5. The zero-order valence-corrected chi connectivity index (χ0v) is 15.8. The smallest absolute Gasteiger partial charge is 0.191 e. The molecule has 0 fully saturated rings. The first kappa shape index (κ1) is 17.3. The van der Waals surface area contributed by atoms with E-state index in [4.69, 9.17) is 23.2 Å². The lowest BCUT2D eigenvalue weighted by Crippen LogP contribution is -2.00. The molecule has 0 N–H and O–H groups in total. The number of thioether (sulfide) groups is 1. The lowest BCUT2D eigenvalue weighted by atomic mass is 10.1. The molecular formula is C18H17Cl2N3S. The van der Waals surface area contributed by atoms with Gasteiger partial charge in [-0.1, -0.05) is 59.2 Å². The van der Waals surface area contributed by atoms with Gasteiger partial charge in [-0.05, 0) is 43.2 Å². The molecule has 1 heterocycles. The summed E-state index contributed by atoms with van der Waals surface area (Å²) in [6.07, 6.45) is 0. The maximum Gasteiger partial charge on any atom is 0.191 e. The van der Waals surface area contributed by atoms with E-state index < -0.39 is 0 Å². The largest absolute Gasteiger partial charge is 0.302 e. The summed E-state index contributed by atoms with van der Waals surface area (Å²) in [7, 11) is 0. The summed E-state index contributed by atoms with van der Waals surface area (Å²) in [5.41, 5.74) is 3.52. The van der Waals surface area contributed by atoms with E-state index >= 15 is 0 Å². The molecule has 0 bridgehead atoms. The summed E-state index contributed by atoms with van der Waals surface area (Å²) in [6, 6.07) is 13.9. The van der Waals surface area contributed by atoms with E-state index in [0.717, 1.165) is 28.8 Å². The third-order valence-electron chi connectivity index (χ3n) is 3.83. The van der Waals surface area contributed by atoms with Crippen LogP contribution in [0.25, 0.3) is 11.4 Å². The van der Waals surface area contributed by atoms with Crippen LogP contribution in [0.2, 0.25) is 10.0 Å². The average molecular weight is 378 g/mol. The number of aromatic nitrogens is 3. The van der Waals surface area contributed by atoms with Crippen molar-refractivity contribution < 1.29 is 0 Å². The van der Waals surface area contributed by atoms with Crippen LogP contribution in [0.5, 0.6) is 0 Å². The quantitative estimate of drug-likeness (QED) is 0.520. The molecule has 3 nitrogen and oxygen atoms in total. The number of hydrogen-bond donors (Lipinski definition) is 0. The summed E-state index contributed by atoms with van der Waals surface area (Å²) in [4.78, 5) is 0. The molecule has 6 heteroatoms. The van der Waals surface area contributed by atoms with Crippen molar-refractivity contribution in [3.63, 3.8) is 0 Å². The van der Waals surface area contributed by atoms with Gasteiger partial charge in [0.1, 0.15) is 0 Å². The van der Waals surface area contributed by atoms with Crippen molar-refractivity contribution >= 4 is 35.0 Å². The van der Waals surface area contributed by atoms with Gasteiger partial charge in [0, 0.05) is 17.9 Å². The van der Waals surface area contributed by atoms with E-state index in [2.05, 4.69) is 52.9 Å². The van der Waals surface area contributed by atoms with E-state index in [0.29, 0.717) is 10.0 Å². The number of hydrogen-bond acceptors (Lipinski definition) is 3. The molecule has 0 aliphatic heterocycles. The molecule has 0 spiro atoms. The van der Waals surface area contributed by atoms with Gasteiger partial charge in [-0.3, -0.25) is 0 Å². The fourth-order valence-corrected chi connectivity index (χ4v) is 3.82. The molecule has 0 aliphatic carbocycles. The summed E-state index contributed by atoms with van der Waals surface area (Å²) in [5.74, 6) is 1.68. The molecule has 124 valence electrons. The summed E-state index contributed by atoms with van der Waals surface area (Å²) >= 11 is 13.8. The predicted molar refractivity (Wildman–Crippen MR) is 102 cm³/mol. The SMILES string of the molecule is CCn1c(SCc2ccccc2C)nnc1-c1ccc(Cl)c(Cl)c1. The highest BCUT2D eigenvalue weighted by Crippen LogP contribution is 2.30. The van der Waals surface area contributed by atoms with Gasteiger partial charge in [-0.25, -0.2) is 0 Å². The van der Waals surface area contributed by atoms with Gasteiger partial charge in [0.15, 0.2) is 11.0 Å². The maximum atomic E-state index is 6.13. The summed E-state index contributed by atoms with van der Waals surface area (Å²) < 4.78 is 2.10. The van der Waals surface area contributed by atoms with Crippen LogP contribution in [-0.4, -0.2) is 14.8 Å². The molecule has 1 aromatic heterocycles. The third-order valence-corrected chi connectivity index (χ3v) is 5.58. The Labute approximate surface area is 156 Å². The van der Waals surface area contributed by atoms with Crippen LogP contribution >= 0.6 is 35.0 Å². The zero-order valence-electron chi connectivity index (χ0n) is 13.5. The molecular weight excluding hydrogens is 361 g/mol. The van der Waals surface area contributed by atoms with Crippen LogP contribution in [0, 0.1) is 6.92 Å². The molecule has 2 aromatic carbocycles. The number of aryl methyl sites for hydroxylation is 1. The predicted octanol–water partition coefficient (Wildman–Crippen LogP) is 5.87. The lowest BCUT2D eigenvalue weighted by molar-refractivity contribution is 0.687. The molecule has 0 amide bonds. The van der Waals surface area contributed by atoms with Gasteiger partial charge in [0.25, 0.3) is 0 Å². The monoisotopic (exact) mass is 377 g/mol. The second-order valence-corrected chi connectivity index (χ2v) is 7.15. The Bertz CT molecular complexity index is 861. The topological polar surface area (TPSA) is 30.7 Å². The second-order valence-electron chi connectivity index (χ2n) is 5.39. The highest BCUT2D eigenvalue weighted by molar-refractivity contribution is 7.98. The second kappa shape index (κ2) is 7.60. The normalized spacial score (nSPS) is 11.0.